The maximum absolute atomic E-state index is 15.3. The summed E-state index contributed by atoms with van der Waals surface area (Å²) in [5.41, 5.74) is -2.49. The van der Waals surface area contributed by atoms with E-state index in [4.69, 9.17) is 0 Å². The van der Waals surface area contributed by atoms with Crippen molar-refractivity contribution in [1.29, 1.82) is 0 Å². The quantitative estimate of drug-likeness (QED) is 0.470. The molecule has 0 saturated carbocycles. The number of hydrogen-bond acceptors (Lipinski definition) is 5. The van der Waals surface area contributed by atoms with Gasteiger partial charge in [0.15, 0.2) is 5.82 Å². The van der Waals surface area contributed by atoms with Crippen molar-refractivity contribution in [1.82, 2.24) is 14.2 Å². The van der Waals surface area contributed by atoms with Gasteiger partial charge in [-0.3, -0.25) is 9.59 Å². The van der Waals surface area contributed by atoms with Gasteiger partial charge in [0.2, 0.25) is 10.0 Å². The molecule has 1 unspecified atom stereocenters. The summed E-state index contributed by atoms with van der Waals surface area (Å²) < 4.78 is 85.6. The number of alkyl halides is 1. The lowest BCUT2D eigenvalue weighted by atomic mass is 9.81. The minimum atomic E-state index is -4.38. The number of aromatic nitrogens is 1. The number of pyridine rings is 1. The first-order valence-corrected chi connectivity index (χ1v) is 13.4. The Labute approximate surface area is 220 Å². The van der Waals surface area contributed by atoms with Crippen molar-refractivity contribution in [3.8, 4) is 11.3 Å². The molecule has 13 heteroatoms. The van der Waals surface area contributed by atoms with Gasteiger partial charge in [-0.25, -0.2) is 31.0 Å². The highest BCUT2D eigenvalue weighted by Gasteiger charge is 2.47. The first-order valence-electron chi connectivity index (χ1n) is 12.0. The number of likely N-dealkylation sites (tertiary alicyclic amines) is 1. The van der Waals surface area contributed by atoms with E-state index < -0.39 is 73.6 Å². The zero-order valence-electron chi connectivity index (χ0n) is 20.8. The number of carboxylic acids is 1. The second-order valence-electron chi connectivity index (χ2n) is 10.2. The largest absolute Gasteiger partial charge is 0.481 e. The standard InChI is InChI=1S/C26H23F4N3O5S/c1-13-17-4-3-14(24(34)32-11-26(2,12-32)25(35)36)7-20(17)31-23(22(13)30)21-18(28)8-16(9-19(21)29)39(37,38)33-6-5-15(27)10-33/h3-4,7-9,15H,5-6,10-12H2,1-2H3,(H,35,36). The molecule has 2 aliphatic rings. The van der Waals surface area contributed by atoms with Crippen LogP contribution < -0.4 is 0 Å². The third-order valence-corrected chi connectivity index (χ3v) is 9.13. The van der Waals surface area contributed by atoms with Crippen LogP contribution >= 0.6 is 0 Å². The van der Waals surface area contributed by atoms with E-state index in [9.17, 15) is 27.5 Å². The van der Waals surface area contributed by atoms with Gasteiger partial charge in [0, 0.05) is 37.1 Å². The summed E-state index contributed by atoms with van der Waals surface area (Å²) in [6, 6.07) is 5.27. The van der Waals surface area contributed by atoms with Crippen LogP contribution in [0.4, 0.5) is 17.6 Å². The lowest BCUT2D eigenvalue weighted by molar-refractivity contribution is -0.155. The van der Waals surface area contributed by atoms with Crippen molar-refractivity contribution in [2.24, 2.45) is 5.41 Å². The summed E-state index contributed by atoms with van der Waals surface area (Å²) in [6.07, 6.45) is -1.42. The van der Waals surface area contributed by atoms with Crippen molar-refractivity contribution in [2.45, 2.75) is 31.3 Å². The molecule has 8 nitrogen and oxygen atoms in total. The Bertz CT molecular complexity index is 1630. The molecule has 1 atom stereocenters. The first-order chi connectivity index (χ1) is 18.2. The van der Waals surface area contributed by atoms with E-state index in [1.807, 2.05) is 0 Å². The van der Waals surface area contributed by atoms with Crippen LogP contribution in [-0.4, -0.2) is 71.9 Å². The summed E-state index contributed by atoms with van der Waals surface area (Å²) >= 11 is 0. The maximum atomic E-state index is 15.3. The molecule has 0 aliphatic carbocycles. The van der Waals surface area contributed by atoms with Crippen LogP contribution in [0.3, 0.4) is 0 Å². The number of rotatable bonds is 5. The average Bonchev–Trinajstić information content (AvgIpc) is 3.30. The number of benzene rings is 2. The molecule has 1 aromatic heterocycles. The van der Waals surface area contributed by atoms with Crippen LogP contribution in [0.5, 0.6) is 0 Å². The fourth-order valence-corrected chi connectivity index (χ4v) is 6.45. The van der Waals surface area contributed by atoms with Gasteiger partial charge >= 0.3 is 5.97 Å². The molecule has 2 saturated heterocycles. The van der Waals surface area contributed by atoms with E-state index in [0.717, 1.165) is 4.31 Å². The zero-order chi connectivity index (χ0) is 28.4. The van der Waals surface area contributed by atoms with Crippen LogP contribution in [0, 0.1) is 29.8 Å². The van der Waals surface area contributed by atoms with Crippen LogP contribution in [-0.2, 0) is 14.8 Å². The Morgan fingerprint density at radius 2 is 1.74 bits per heavy atom. The van der Waals surface area contributed by atoms with Crippen molar-refractivity contribution in [3.63, 3.8) is 0 Å². The number of amides is 1. The fourth-order valence-electron chi connectivity index (χ4n) is 4.94. The molecular weight excluding hydrogens is 542 g/mol. The number of halogens is 4. The summed E-state index contributed by atoms with van der Waals surface area (Å²) in [5, 5.41) is 9.56. The number of carbonyl (C=O) groups excluding carboxylic acids is 1. The zero-order valence-corrected chi connectivity index (χ0v) is 21.7. The molecule has 3 heterocycles. The Hall–Kier alpha value is -3.58. The molecule has 3 aromatic rings. The predicted octanol–water partition coefficient (Wildman–Crippen LogP) is 3.91. The lowest BCUT2D eigenvalue weighted by Gasteiger charge is -2.44. The highest BCUT2D eigenvalue weighted by atomic mass is 32.2. The minimum absolute atomic E-state index is 0.00189. The molecule has 1 amide bonds. The minimum Gasteiger partial charge on any atom is -0.481 e. The molecule has 5 rings (SSSR count). The third-order valence-electron chi connectivity index (χ3n) is 7.28. The molecule has 1 N–H and O–H groups in total. The number of carbonyl (C=O) groups is 2. The molecule has 0 bridgehead atoms. The van der Waals surface area contributed by atoms with Gasteiger partial charge in [0.05, 0.1) is 16.0 Å². The number of carboxylic acid groups (broad SMARTS) is 1. The molecular formula is C26H23F4N3O5S. The summed E-state index contributed by atoms with van der Waals surface area (Å²) in [4.78, 5) is 28.9. The van der Waals surface area contributed by atoms with Crippen LogP contribution in [0.1, 0.15) is 29.3 Å². The average molecular weight is 566 g/mol. The summed E-state index contributed by atoms with van der Waals surface area (Å²) in [6.45, 7) is 2.31. The van der Waals surface area contributed by atoms with Gasteiger partial charge in [-0.05, 0) is 50.1 Å². The van der Waals surface area contributed by atoms with Gasteiger partial charge in [0.25, 0.3) is 5.91 Å². The van der Waals surface area contributed by atoms with E-state index in [-0.39, 0.29) is 48.1 Å². The first kappa shape index (κ1) is 27.0. The summed E-state index contributed by atoms with van der Waals surface area (Å²) in [7, 11) is -4.38. The topological polar surface area (TPSA) is 108 Å². The van der Waals surface area contributed by atoms with Gasteiger partial charge in [-0.1, -0.05) is 6.07 Å². The maximum Gasteiger partial charge on any atom is 0.312 e. The van der Waals surface area contributed by atoms with Gasteiger partial charge in [-0.2, -0.15) is 4.31 Å². The number of hydrogen-bond donors (Lipinski definition) is 1. The second-order valence-corrected chi connectivity index (χ2v) is 12.1. The molecule has 2 fully saturated rings. The van der Waals surface area contributed by atoms with Gasteiger partial charge in [-0.15, -0.1) is 0 Å². The smallest absolute Gasteiger partial charge is 0.312 e. The Morgan fingerprint density at radius 3 is 2.31 bits per heavy atom. The number of aryl methyl sites for hydroxylation is 1. The van der Waals surface area contributed by atoms with E-state index >= 15 is 13.2 Å². The van der Waals surface area contributed by atoms with Gasteiger partial charge in [0.1, 0.15) is 28.9 Å². The number of nitrogens with zero attached hydrogens (tertiary/aromatic N) is 3. The molecule has 0 radical (unpaired) electrons. The molecule has 206 valence electrons. The Balaban J connectivity index is 1.53. The number of fused-ring (bicyclic) bond motifs is 1. The van der Waals surface area contributed by atoms with E-state index in [1.54, 1.807) is 0 Å². The fraction of sp³-hybridized carbons (Fsp3) is 0.346. The van der Waals surface area contributed by atoms with Crippen LogP contribution in [0.25, 0.3) is 22.2 Å². The second kappa shape index (κ2) is 9.26. The Morgan fingerprint density at radius 1 is 1.10 bits per heavy atom. The van der Waals surface area contributed by atoms with Crippen LogP contribution in [0.2, 0.25) is 0 Å². The highest BCUT2D eigenvalue weighted by molar-refractivity contribution is 7.89. The normalized spacial score (nSPS) is 19.3. The van der Waals surface area contributed by atoms with Crippen molar-refractivity contribution in [3.05, 3.63) is 58.9 Å². The summed E-state index contributed by atoms with van der Waals surface area (Å²) in [5.74, 6) is -5.30. The molecule has 39 heavy (non-hydrogen) atoms. The van der Waals surface area contributed by atoms with Crippen molar-refractivity contribution in [2.75, 3.05) is 26.2 Å². The molecule has 2 aromatic carbocycles. The van der Waals surface area contributed by atoms with Crippen LogP contribution in [0.15, 0.2) is 35.2 Å². The molecule has 0 spiro atoms. The predicted molar refractivity (Wildman–Crippen MR) is 132 cm³/mol. The van der Waals surface area contributed by atoms with Gasteiger partial charge < -0.3 is 10.0 Å². The SMILES string of the molecule is Cc1c(F)c(-c2c(F)cc(S(=O)(=O)N3CCC(F)C3)cc2F)nc2cc(C(=O)N3CC(C)(C(=O)O)C3)ccc12. The van der Waals surface area contributed by atoms with E-state index in [2.05, 4.69) is 4.98 Å². The lowest BCUT2D eigenvalue weighted by Crippen LogP contribution is -2.60. The highest BCUT2D eigenvalue weighted by Crippen LogP contribution is 2.35. The monoisotopic (exact) mass is 565 g/mol. The molecule has 2 aliphatic heterocycles. The van der Waals surface area contributed by atoms with Crippen molar-refractivity contribution < 1.29 is 40.7 Å². The van der Waals surface area contributed by atoms with E-state index in [1.165, 1.54) is 36.9 Å². The number of aliphatic carboxylic acids is 1. The van der Waals surface area contributed by atoms with E-state index in [0.29, 0.717) is 12.1 Å². The number of sulfonamides is 1. The Kier molecular flexibility index (Phi) is 6.41. The third kappa shape index (κ3) is 4.42. The van der Waals surface area contributed by atoms with Crippen molar-refractivity contribution >= 4 is 32.8 Å².